The van der Waals surface area contributed by atoms with Crippen molar-refractivity contribution in [3.63, 3.8) is 0 Å². The first-order chi connectivity index (χ1) is 21.4. The number of amides is 2. The summed E-state index contributed by atoms with van der Waals surface area (Å²) in [6.45, 7) is 10.0. The van der Waals surface area contributed by atoms with E-state index in [2.05, 4.69) is 30.3 Å². The number of fused-ring (bicyclic) bond motifs is 1. The predicted octanol–water partition coefficient (Wildman–Crippen LogP) is 4.76. The molecule has 2 saturated heterocycles. The number of nitrogens with one attached hydrogen (secondary N) is 1. The number of hydrogen-bond acceptors (Lipinski definition) is 7. The van der Waals surface area contributed by atoms with Crippen LogP contribution in [-0.4, -0.2) is 66.1 Å². The molecule has 4 aliphatic rings. The molecule has 1 aliphatic carbocycles. The number of piperidine rings is 1. The quantitative estimate of drug-likeness (QED) is 0.318. The summed E-state index contributed by atoms with van der Waals surface area (Å²) in [6.07, 6.45) is 3.06. The minimum atomic E-state index is -1.39. The number of rotatable bonds is 6. The second kappa shape index (κ2) is 11.6. The monoisotopic (exact) mass is 616 g/mol. The van der Waals surface area contributed by atoms with Crippen molar-refractivity contribution in [1.82, 2.24) is 5.32 Å². The standard InChI is InChI=1S/C34H34F2N4O5/c1-20-27-15-30(36)32(16-31(27)39(24-6-7-24)19-28(20)21(2)41)38-12-10-34(44,11-13-38)9-8-23-4-5-25(14-29(23)35)40-18-26(45-33(40)43)17-37-22(3)42/h4-5,14-16,19,24,26,41,44H,1-2,6-7,10-13,17-18H2,3H3,(H,37,42)/t26-/m0/s1. The first-order valence-corrected chi connectivity index (χ1v) is 14.9. The molecule has 234 valence electrons. The van der Waals surface area contributed by atoms with Crippen molar-refractivity contribution in [2.24, 2.45) is 0 Å². The number of aliphatic hydroxyl groups excluding tert-OH is 1. The van der Waals surface area contributed by atoms with Gasteiger partial charge in [-0.15, -0.1) is 0 Å². The molecule has 0 bridgehead atoms. The molecule has 6 rings (SSSR count). The van der Waals surface area contributed by atoms with E-state index in [0.29, 0.717) is 41.2 Å². The highest BCUT2D eigenvalue weighted by molar-refractivity contribution is 5.93. The lowest BCUT2D eigenvalue weighted by atomic mass is 9.90. The summed E-state index contributed by atoms with van der Waals surface area (Å²) >= 11 is 0. The molecule has 3 N–H and O–H groups in total. The Morgan fingerprint density at radius 2 is 1.89 bits per heavy atom. The van der Waals surface area contributed by atoms with Crippen LogP contribution in [0.2, 0.25) is 0 Å². The summed E-state index contributed by atoms with van der Waals surface area (Å²) in [5, 5.41) is 23.9. The Morgan fingerprint density at radius 1 is 1.16 bits per heavy atom. The SMILES string of the molecule is C=C(O)C1=CN(C2CC2)c2cc(N3CCC(O)(C#Cc4ccc(N5C[C@H](CNC(C)=O)OC5=O)cc4F)CC3)c(F)cc2C1=C. The lowest BCUT2D eigenvalue weighted by Crippen LogP contribution is -2.44. The van der Waals surface area contributed by atoms with Gasteiger partial charge in [-0.05, 0) is 48.7 Å². The normalized spacial score (nSPS) is 20.6. The number of benzene rings is 2. The van der Waals surface area contributed by atoms with Gasteiger partial charge in [0.1, 0.15) is 29.1 Å². The lowest BCUT2D eigenvalue weighted by molar-refractivity contribution is -0.119. The third-order valence-electron chi connectivity index (χ3n) is 8.59. The van der Waals surface area contributed by atoms with Gasteiger partial charge >= 0.3 is 6.09 Å². The van der Waals surface area contributed by atoms with Crippen LogP contribution in [0.15, 0.2) is 61.0 Å². The van der Waals surface area contributed by atoms with Gasteiger partial charge < -0.3 is 30.1 Å². The van der Waals surface area contributed by atoms with E-state index in [0.717, 1.165) is 18.5 Å². The minimum Gasteiger partial charge on any atom is -0.508 e. The molecule has 1 atom stereocenters. The van der Waals surface area contributed by atoms with Crippen molar-refractivity contribution < 1.29 is 33.3 Å². The van der Waals surface area contributed by atoms with E-state index in [1.54, 1.807) is 12.1 Å². The molecule has 0 spiro atoms. The van der Waals surface area contributed by atoms with Gasteiger partial charge in [-0.1, -0.05) is 25.0 Å². The molecule has 2 aromatic carbocycles. The second-order valence-electron chi connectivity index (χ2n) is 11.9. The number of aliphatic hydroxyl groups is 2. The average molecular weight is 617 g/mol. The van der Waals surface area contributed by atoms with Crippen LogP contribution >= 0.6 is 0 Å². The van der Waals surface area contributed by atoms with E-state index in [1.807, 2.05) is 16.0 Å². The Kier molecular flexibility index (Phi) is 7.79. The molecule has 3 aliphatic heterocycles. The topological polar surface area (TPSA) is 106 Å². The molecule has 2 amide bonds. The Balaban J connectivity index is 1.13. The second-order valence-corrected chi connectivity index (χ2v) is 11.9. The maximum absolute atomic E-state index is 15.5. The van der Waals surface area contributed by atoms with Crippen LogP contribution in [0.5, 0.6) is 0 Å². The summed E-state index contributed by atoms with van der Waals surface area (Å²) in [4.78, 5) is 28.6. The van der Waals surface area contributed by atoms with Gasteiger partial charge in [-0.3, -0.25) is 9.69 Å². The highest BCUT2D eigenvalue weighted by atomic mass is 19.1. The molecular formula is C34H34F2N4O5. The molecule has 0 aromatic heterocycles. The van der Waals surface area contributed by atoms with Gasteiger partial charge in [0, 0.05) is 56.2 Å². The summed E-state index contributed by atoms with van der Waals surface area (Å²) in [5.74, 6) is 4.12. The Bertz CT molecular complexity index is 1700. The first-order valence-electron chi connectivity index (χ1n) is 14.9. The predicted molar refractivity (Wildman–Crippen MR) is 167 cm³/mol. The van der Waals surface area contributed by atoms with Gasteiger partial charge in [0.25, 0.3) is 0 Å². The highest BCUT2D eigenvalue weighted by Crippen LogP contribution is 2.46. The molecule has 3 fully saturated rings. The Labute approximate surface area is 260 Å². The molecule has 2 aromatic rings. The van der Waals surface area contributed by atoms with Gasteiger partial charge in [0.15, 0.2) is 0 Å². The van der Waals surface area contributed by atoms with Crippen molar-refractivity contribution in [3.05, 3.63) is 83.8 Å². The van der Waals surface area contributed by atoms with Crippen LogP contribution in [0, 0.1) is 23.5 Å². The number of halogens is 2. The zero-order valence-corrected chi connectivity index (χ0v) is 24.9. The number of carbonyl (C=O) groups excluding carboxylic acids is 2. The number of hydrogen-bond donors (Lipinski definition) is 3. The maximum atomic E-state index is 15.5. The van der Waals surface area contributed by atoms with Crippen LogP contribution < -0.4 is 20.0 Å². The molecule has 11 heteroatoms. The van der Waals surface area contributed by atoms with Gasteiger partial charge in [-0.2, -0.15) is 0 Å². The third kappa shape index (κ3) is 6.11. The van der Waals surface area contributed by atoms with E-state index >= 15 is 8.78 Å². The van der Waals surface area contributed by atoms with Crippen molar-refractivity contribution in [1.29, 1.82) is 0 Å². The largest absolute Gasteiger partial charge is 0.508 e. The number of anilines is 3. The zero-order chi connectivity index (χ0) is 32.0. The van der Waals surface area contributed by atoms with E-state index in [4.69, 9.17) is 4.74 Å². The number of carbonyl (C=O) groups is 2. The van der Waals surface area contributed by atoms with Crippen LogP contribution in [0.25, 0.3) is 5.57 Å². The molecule has 9 nitrogen and oxygen atoms in total. The average Bonchev–Trinajstić information content (AvgIpc) is 3.77. The van der Waals surface area contributed by atoms with E-state index < -0.39 is 29.4 Å². The number of cyclic esters (lactones) is 1. The number of ether oxygens (including phenoxy) is 1. The van der Waals surface area contributed by atoms with Crippen molar-refractivity contribution >= 4 is 34.6 Å². The molecule has 45 heavy (non-hydrogen) atoms. The molecule has 1 saturated carbocycles. The van der Waals surface area contributed by atoms with E-state index in [9.17, 15) is 19.8 Å². The van der Waals surface area contributed by atoms with Crippen LogP contribution in [0.3, 0.4) is 0 Å². The van der Waals surface area contributed by atoms with Crippen LogP contribution in [0.1, 0.15) is 43.7 Å². The van der Waals surface area contributed by atoms with Gasteiger partial charge in [0.05, 0.1) is 35.7 Å². The fourth-order valence-corrected chi connectivity index (χ4v) is 5.88. The minimum absolute atomic E-state index is 0.0658. The molecule has 0 unspecified atom stereocenters. The lowest BCUT2D eigenvalue weighted by Gasteiger charge is -2.38. The smallest absolute Gasteiger partial charge is 0.414 e. The van der Waals surface area contributed by atoms with Crippen molar-refractivity contribution in [3.8, 4) is 11.8 Å². The van der Waals surface area contributed by atoms with Crippen molar-refractivity contribution in [2.75, 3.05) is 40.9 Å². The highest BCUT2D eigenvalue weighted by Gasteiger charge is 2.37. The molecule has 3 heterocycles. The van der Waals surface area contributed by atoms with E-state index in [-0.39, 0.29) is 49.2 Å². The number of nitrogens with zero attached hydrogens (tertiary/aromatic N) is 3. The summed E-state index contributed by atoms with van der Waals surface area (Å²) in [7, 11) is 0. The first kappa shape index (κ1) is 30.2. The zero-order valence-electron chi connectivity index (χ0n) is 24.9. The fourth-order valence-electron chi connectivity index (χ4n) is 5.88. The third-order valence-corrected chi connectivity index (χ3v) is 8.59. The molecule has 0 radical (unpaired) electrons. The fraction of sp³-hybridized carbons (Fsp3) is 0.353. The van der Waals surface area contributed by atoms with Crippen LogP contribution in [0.4, 0.5) is 30.6 Å². The summed E-state index contributed by atoms with van der Waals surface area (Å²) < 4.78 is 35.7. The Hall–Kier alpha value is -4.82. The Morgan fingerprint density at radius 3 is 2.53 bits per heavy atom. The summed E-state index contributed by atoms with van der Waals surface area (Å²) in [5.41, 5.74) is 1.79. The van der Waals surface area contributed by atoms with Crippen LogP contribution in [-0.2, 0) is 9.53 Å². The number of allylic oxidation sites excluding steroid dienone is 1. The van der Waals surface area contributed by atoms with Gasteiger partial charge in [0.2, 0.25) is 5.91 Å². The van der Waals surface area contributed by atoms with Gasteiger partial charge in [-0.25, -0.2) is 13.6 Å². The molecular weight excluding hydrogens is 582 g/mol. The maximum Gasteiger partial charge on any atom is 0.414 e. The summed E-state index contributed by atoms with van der Waals surface area (Å²) in [6, 6.07) is 7.68. The van der Waals surface area contributed by atoms with Crippen molar-refractivity contribution in [2.45, 2.75) is 50.4 Å². The van der Waals surface area contributed by atoms with E-state index in [1.165, 1.54) is 30.0 Å².